The minimum atomic E-state index is -0.599. The molecule has 0 radical (unpaired) electrons. The first-order chi connectivity index (χ1) is 15.0. The van der Waals surface area contributed by atoms with Crippen molar-refractivity contribution in [1.29, 1.82) is 0 Å². The van der Waals surface area contributed by atoms with Crippen molar-refractivity contribution in [3.63, 3.8) is 0 Å². The molecule has 1 fully saturated rings. The number of carbonyl (C=O) groups is 1. The van der Waals surface area contributed by atoms with E-state index in [1.54, 1.807) is 17.7 Å². The number of aryl methyl sites for hydroxylation is 1. The summed E-state index contributed by atoms with van der Waals surface area (Å²) < 4.78 is 1.59. The number of hydrogen-bond donors (Lipinski definition) is 2. The lowest BCUT2D eigenvalue weighted by molar-refractivity contribution is 0.102. The molecule has 0 bridgehead atoms. The number of aliphatic hydroxyl groups is 1. The predicted molar refractivity (Wildman–Crippen MR) is 130 cm³/mol. The van der Waals surface area contributed by atoms with E-state index in [-0.39, 0.29) is 37.5 Å². The average Bonchev–Trinajstić information content (AvgIpc) is 2.79. The highest BCUT2D eigenvalue weighted by atomic mass is 32.1. The lowest BCUT2D eigenvalue weighted by atomic mass is 9.92. The van der Waals surface area contributed by atoms with E-state index in [2.05, 4.69) is 34.5 Å². The highest BCUT2D eigenvalue weighted by Crippen LogP contribution is 2.26. The van der Waals surface area contributed by atoms with Crippen LogP contribution in [0.2, 0.25) is 0 Å². The molecule has 2 aliphatic heterocycles. The van der Waals surface area contributed by atoms with Crippen LogP contribution < -0.4 is 10.9 Å². The van der Waals surface area contributed by atoms with E-state index in [1.165, 1.54) is 11.1 Å². The van der Waals surface area contributed by atoms with Gasteiger partial charge in [0.1, 0.15) is 0 Å². The fraction of sp³-hybridized carbons (Fsp3) is 0.500. The van der Waals surface area contributed by atoms with Gasteiger partial charge in [-0.05, 0) is 36.0 Å². The Labute approximate surface area is 196 Å². The van der Waals surface area contributed by atoms with Gasteiger partial charge in [-0.15, -0.1) is 0 Å². The Balaban J connectivity index is 0.00000289. The van der Waals surface area contributed by atoms with E-state index in [4.69, 9.17) is 0 Å². The van der Waals surface area contributed by atoms with Gasteiger partial charge in [0, 0.05) is 64.5 Å². The van der Waals surface area contributed by atoms with Crippen molar-refractivity contribution in [2.75, 3.05) is 32.7 Å². The smallest absolute Gasteiger partial charge is 0.317 e. The normalized spacial score (nSPS) is 19.6. The quantitative estimate of drug-likeness (QED) is 0.716. The monoisotopic (exact) mass is 458 g/mol. The Morgan fingerprint density at radius 3 is 2.75 bits per heavy atom. The standard InChI is InChI=1S/C24H32N4O3.H2S/c1-26-14-21(8-9-23(26)30)20-7-4-11-28(16-20)24(31)25-13-22(29)17-27-12-10-18-5-2-3-6-19(18)15-27;/h2-3,5-6,8-9,14,20,22,29H,4,7,10-13,15-17H2,1H3,(H,25,31);1H2/t20?,22-;/m0./s1. The number of aliphatic hydroxyl groups excluding tert-OH is 1. The number of hydrogen-bond acceptors (Lipinski definition) is 4. The number of carbonyl (C=O) groups excluding carboxylic acids is 1. The molecule has 4 rings (SSSR count). The van der Waals surface area contributed by atoms with Crippen molar-refractivity contribution in [3.8, 4) is 0 Å². The van der Waals surface area contributed by atoms with E-state index >= 15 is 0 Å². The van der Waals surface area contributed by atoms with Gasteiger partial charge in [-0.1, -0.05) is 30.3 Å². The van der Waals surface area contributed by atoms with Crippen LogP contribution in [-0.2, 0) is 20.0 Å². The van der Waals surface area contributed by atoms with Crippen LogP contribution in [0.15, 0.2) is 47.4 Å². The molecule has 0 saturated carbocycles. The molecule has 2 aromatic rings. The Kier molecular flexibility index (Phi) is 8.39. The van der Waals surface area contributed by atoms with Gasteiger partial charge in [-0.25, -0.2) is 4.79 Å². The Hall–Kier alpha value is -2.29. The Morgan fingerprint density at radius 2 is 1.97 bits per heavy atom. The molecule has 1 unspecified atom stereocenters. The molecule has 2 aliphatic rings. The largest absolute Gasteiger partial charge is 0.390 e. The summed E-state index contributed by atoms with van der Waals surface area (Å²) in [4.78, 5) is 28.4. The van der Waals surface area contributed by atoms with Gasteiger partial charge in [0.05, 0.1) is 6.10 Å². The zero-order valence-electron chi connectivity index (χ0n) is 18.7. The maximum absolute atomic E-state index is 12.7. The van der Waals surface area contributed by atoms with Crippen molar-refractivity contribution in [2.24, 2.45) is 7.05 Å². The number of pyridine rings is 1. The van der Waals surface area contributed by atoms with E-state index in [1.807, 2.05) is 17.2 Å². The predicted octanol–water partition coefficient (Wildman–Crippen LogP) is 1.81. The minimum absolute atomic E-state index is 0. The van der Waals surface area contributed by atoms with Gasteiger partial charge in [0.25, 0.3) is 0 Å². The molecule has 7 nitrogen and oxygen atoms in total. The number of nitrogens with one attached hydrogen (secondary N) is 1. The summed E-state index contributed by atoms with van der Waals surface area (Å²) in [6.45, 7) is 3.91. The molecule has 2 N–H and O–H groups in total. The Morgan fingerprint density at radius 1 is 1.19 bits per heavy atom. The third kappa shape index (κ3) is 5.94. The summed E-state index contributed by atoms with van der Waals surface area (Å²) in [6, 6.07) is 11.8. The third-order valence-electron chi connectivity index (χ3n) is 6.46. The first-order valence-corrected chi connectivity index (χ1v) is 11.2. The first-order valence-electron chi connectivity index (χ1n) is 11.2. The number of rotatable bonds is 5. The first kappa shape index (κ1) is 24.4. The molecule has 1 saturated heterocycles. The summed E-state index contributed by atoms with van der Waals surface area (Å²) in [7, 11) is 1.75. The maximum Gasteiger partial charge on any atom is 0.317 e. The second-order valence-electron chi connectivity index (χ2n) is 8.79. The lowest BCUT2D eigenvalue weighted by Crippen LogP contribution is -2.48. The van der Waals surface area contributed by atoms with Gasteiger partial charge in [0.15, 0.2) is 0 Å². The van der Waals surface area contributed by atoms with Crippen LogP contribution in [0.1, 0.15) is 35.4 Å². The summed E-state index contributed by atoms with van der Waals surface area (Å²) in [5.41, 5.74) is 3.77. The van der Waals surface area contributed by atoms with Crippen molar-refractivity contribution in [2.45, 2.75) is 37.8 Å². The van der Waals surface area contributed by atoms with Gasteiger partial charge in [0.2, 0.25) is 5.56 Å². The van der Waals surface area contributed by atoms with E-state index in [0.29, 0.717) is 19.6 Å². The number of nitrogens with zero attached hydrogens (tertiary/aromatic N) is 3. The second kappa shape index (κ2) is 11.0. The van der Waals surface area contributed by atoms with Crippen LogP contribution in [-0.4, -0.2) is 64.3 Å². The molecule has 1 aromatic heterocycles. The van der Waals surface area contributed by atoms with Crippen molar-refractivity contribution in [1.82, 2.24) is 19.7 Å². The summed E-state index contributed by atoms with van der Waals surface area (Å²) in [6.07, 6.45) is 4.20. The molecule has 1 aromatic carbocycles. The second-order valence-corrected chi connectivity index (χ2v) is 8.79. The molecule has 2 atom stereocenters. The van der Waals surface area contributed by atoms with E-state index in [0.717, 1.165) is 37.9 Å². The molecule has 2 amide bonds. The number of urea groups is 1. The summed E-state index contributed by atoms with van der Waals surface area (Å²) in [5, 5.41) is 13.4. The van der Waals surface area contributed by atoms with Gasteiger partial charge < -0.3 is 19.9 Å². The van der Waals surface area contributed by atoms with Gasteiger partial charge >= 0.3 is 6.03 Å². The highest BCUT2D eigenvalue weighted by Gasteiger charge is 2.26. The van der Waals surface area contributed by atoms with Crippen LogP contribution >= 0.6 is 13.5 Å². The molecule has 8 heteroatoms. The number of piperidine rings is 1. The molecular formula is C24H34N4O3S. The number of amides is 2. The molecule has 0 spiro atoms. The number of likely N-dealkylation sites (tertiary alicyclic amines) is 1. The fourth-order valence-corrected chi connectivity index (χ4v) is 4.68. The number of fused-ring (bicyclic) bond motifs is 1. The zero-order valence-corrected chi connectivity index (χ0v) is 19.7. The Bertz CT molecular complexity index is 980. The van der Waals surface area contributed by atoms with Crippen LogP contribution in [0.25, 0.3) is 0 Å². The molecular weight excluding hydrogens is 424 g/mol. The fourth-order valence-electron chi connectivity index (χ4n) is 4.68. The maximum atomic E-state index is 12.7. The zero-order chi connectivity index (χ0) is 21.8. The van der Waals surface area contributed by atoms with Crippen molar-refractivity contribution in [3.05, 3.63) is 69.6 Å². The molecule has 3 heterocycles. The van der Waals surface area contributed by atoms with E-state index in [9.17, 15) is 14.7 Å². The van der Waals surface area contributed by atoms with Gasteiger partial charge in [-0.3, -0.25) is 9.69 Å². The van der Waals surface area contributed by atoms with Crippen LogP contribution in [0.5, 0.6) is 0 Å². The number of benzene rings is 1. The van der Waals surface area contributed by atoms with E-state index < -0.39 is 6.10 Å². The van der Waals surface area contributed by atoms with Crippen molar-refractivity contribution < 1.29 is 9.90 Å². The summed E-state index contributed by atoms with van der Waals surface area (Å²) in [5.74, 6) is 0.227. The minimum Gasteiger partial charge on any atom is -0.390 e. The molecule has 174 valence electrons. The van der Waals surface area contributed by atoms with Crippen LogP contribution in [0.3, 0.4) is 0 Å². The van der Waals surface area contributed by atoms with Gasteiger partial charge in [-0.2, -0.15) is 13.5 Å². The average molecular weight is 459 g/mol. The summed E-state index contributed by atoms with van der Waals surface area (Å²) >= 11 is 0. The molecule has 0 aliphatic carbocycles. The SMILES string of the molecule is Cn1cc(C2CCCN(C(=O)NC[C@H](O)CN3CCc4ccccc4C3)C2)ccc1=O.S. The lowest BCUT2D eigenvalue weighted by Gasteiger charge is -2.34. The van der Waals surface area contributed by atoms with Crippen LogP contribution in [0.4, 0.5) is 4.79 Å². The molecule has 32 heavy (non-hydrogen) atoms. The van der Waals surface area contributed by atoms with Crippen LogP contribution in [0, 0.1) is 0 Å². The number of β-amino-alcohol motifs (C(OH)–C–C–N with tert-alkyl or cyclic N) is 1. The highest BCUT2D eigenvalue weighted by molar-refractivity contribution is 7.59. The number of aromatic nitrogens is 1. The van der Waals surface area contributed by atoms with Crippen molar-refractivity contribution >= 4 is 19.5 Å². The third-order valence-corrected chi connectivity index (χ3v) is 6.46. The topological polar surface area (TPSA) is 77.8 Å².